The van der Waals surface area contributed by atoms with Gasteiger partial charge in [0.05, 0.1) is 12.3 Å². The van der Waals surface area contributed by atoms with Gasteiger partial charge in [0.1, 0.15) is 12.5 Å². The lowest BCUT2D eigenvalue weighted by Crippen LogP contribution is -2.45. The highest BCUT2D eigenvalue weighted by atomic mass is 19.2. The molecule has 2 aliphatic rings. The lowest BCUT2D eigenvalue weighted by atomic mass is 9.97. The summed E-state index contributed by atoms with van der Waals surface area (Å²) in [7, 11) is 0. The fourth-order valence-electron chi connectivity index (χ4n) is 4.37. The zero-order chi connectivity index (χ0) is 22.8. The smallest absolute Gasteiger partial charge is 0.276 e. The molecule has 2 aromatic heterocycles. The van der Waals surface area contributed by atoms with Gasteiger partial charge >= 0.3 is 0 Å². The minimum atomic E-state index is -0.0906. The van der Waals surface area contributed by atoms with Crippen molar-refractivity contribution >= 4 is 11.5 Å². The molecular weight excluding hydrogens is 409 g/mol. The maximum Gasteiger partial charge on any atom is 0.276 e. The second kappa shape index (κ2) is 9.30. The van der Waals surface area contributed by atoms with Crippen molar-refractivity contribution in [2.24, 2.45) is 5.92 Å². The van der Waals surface area contributed by atoms with E-state index < -0.39 is 0 Å². The van der Waals surface area contributed by atoms with Gasteiger partial charge in [-0.3, -0.25) is 4.79 Å². The summed E-state index contributed by atoms with van der Waals surface area (Å²) in [5, 5.41) is 0.659. The fourth-order valence-corrected chi connectivity index (χ4v) is 4.37. The Labute approximate surface area is 188 Å². The number of allylic oxidation sites excluding steroid dienone is 1. The number of rotatable bonds is 6. The minimum absolute atomic E-state index is 0.0271. The second-order valence-electron chi connectivity index (χ2n) is 9.24. The largest absolute Gasteiger partial charge is 0.491 e. The topological polar surface area (TPSA) is 63.5 Å². The summed E-state index contributed by atoms with van der Waals surface area (Å²) in [4.78, 5) is 24.8. The molecule has 0 spiro atoms. The third-order valence-electron chi connectivity index (χ3n) is 5.91. The van der Waals surface area contributed by atoms with Crippen LogP contribution in [0.2, 0.25) is 0 Å². The number of imidazole rings is 1. The number of fused-ring (bicyclic) bond motifs is 1. The maximum atomic E-state index is 13.8. The molecule has 0 aliphatic carbocycles. The summed E-state index contributed by atoms with van der Waals surface area (Å²) in [5.41, 5.74) is 2.84. The van der Waals surface area contributed by atoms with E-state index in [9.17, 15) is 9.28 Å². The molecule has 0 aromatic carbocycles. The number of pyridine rings is 1. The van der Waals surface area contributed by atoms with Crippen molar-refractivity contribution in [3.05, 3.63) is 47.4 Å². The van der Waals surface area contributed by atoms with Crippen LogP contribution in [0.3, 0.4) is 0 Å². The molecule has 1 saturated heterocycles. The summed E-state index contributed by atoms with van der Waals surface area (Å²) in [6.07, 6.45) is 6.94. The number of carbonyl (C=O) groups is 1. The molecule has 2 aromatic rings. The highest BCUT2D eigenvalue weighted by Crippen LogP contribution is 2.27. The first-order valence-electron chi connectivity index (χ1n) is 11.4. The van der Waals surface area contributed by atoms with Crippen LogP contribution in [0.5, 0.6) is 5.75 Å². The predicted molar refractivity (Wildman–Crippen MR) is 121 cm³/mol. The molecule has 0 N–H and O–H groups in total. The molecule has 7 nitrogen and oxygen atoms in total. The number of nitrogens with zero attached hydrogens (tertiary/aromatic N) is 5. The van der Waals surface area contributed by atoms with E-state index in [-0.39, 0.29) is 18.6 Å². The van der Waals surface area contributed by atoms with E-state index in [1.807, 2.05) is 41.6 Å². The number of hydrogen-bond acceptors (Lipinski definition) is 5. The number of ether oxygens (including phenoxy) is 1. The quantitative estimate of drug-likeness (QED) is 0.623. The van der Waals surface area contributed by atoms with E-state index >= 15 is 0 Å². The first-order valence-corrected chi connectivity index (χ1v) is 11.4. The molecule has 1 amide bonds. The third-order valence-corrected chi connectivity index (χ3v) is 5.91. The van der Waals surface area contributed by atoms with E-state index in [0.29, 0.717) is 42.1 Å². The Morgan fingerprint density at radius 2 is 2.06 bits per heavy atom. The van der Waals surface area contributed by atoms with Gasteiger partial charge in [-0.15, -0.1) is 0 Å². The molecule has 1 atom stereocenters. The van der Waals surface area contributed by atoms with Crippen LogP contribution in [-0.4, -0.2) is 49.7 Å². The molecule has 32 heavy (non-hydrogen) atoms. The third kappa shape index (κ3) is 4.79. The Morgan fingerprint density at radius 1 is 1.25 bits per heavy atom. The molecular formula is C24H32FN5O2. The van der Waals surface area contributed by atoms with Gasteiger partial charge in [0, 0.05) is 42.7 Å². The van der Waals surface area contributed by atoms with Crippen LogP contribution in [0, 0.1) is 12.8 Å². The first kappa shape index (κ1) is 22.3. The van der Waals surface area contributed by atoms with Gasteiger partial charge in [-0.2, -0.15) is 5.12 Å². The average Bonchev–Trinajstić information content (AvgIpc) is 3.15. The Kier molecular flexibility index (Phi) is 6.48. The number of hydrogen-bond donors (Lipinski definition) is 0. The van der Waals surface area contributed by atoms with Crippen molar-refractivity contribution in [1.29, 1.82) is 0 Å². The van der Waals surface area contributed by atoms with Crippen molar-refractivity contribution in [2.45, 2.75) is 66.1 Å². The summed E-state index contributed by atoms with van der Waals surface area (Å²) in [6.45, 7) is 9.25. The second-order valence-corrected chi connectivity index (χ2v) is 9.24. The van der Waals surface area contributed by atoms with E-state index in [1.54, 1.807) is 0 Å². The highest BCUT2D eigenvalue weighted by molar-refractivity contribution is 5.95. The number of aromatic nitrogens is 3. The van der Waals surface area contributed by atoms with Crippen LogP contribution in [-0.2, 0) is 13.1 Å². The SMILES string of the molecule is CC1=CN(F)Cn2cc(C[C@@H]3CCCCN3C(=O)c3nc(C)ccc3OCC(C)C)nc21. The minimum Gasteiger partial charge on any atom is -0.491 e. The fraction of sp³-hybridized carbons (Fsp3) is 0.542. The number of piperidine rings is 1. The van der Waals surface area contributed by atoms with Crippen LogP contribution >= 0.6 is 0 Å². The Bertz CT molecular complexity index is 1020. The number of aryl methyl sites for hydroxylation is 1. The normalized spacial score (nSPS) is 18.6. The Morgan fingerprint density at radius 3 is 2.84 bits per heavy atom. The van der Waals surface area contributed by atoms with E-state index in [1.165, 1.54) is 6.20 Å². The van der Waals surface area contributed by atoms with E-state index in [4.69, 9.17) is 9.72 Å². The molecule has 2 aliphatic heterocycles. The van der Waals surface area contributed by atoms with Crippen LogP contribution < -0.4 is 4.74 Å². The van der Waals surface area contributed by atoms with Crippen LogP contribution in [0.1, 0.15) is 67.7 Å². The Balaban J connectivity index is 1.56. The van der Waals surface area contributed by atoms with Crippen LogP contribution in [0.25, 0.3) is 5.57 Å². The Hall–Kier alpha value is -2.90. The summed E-state index contributed by atoms with van der Waals surface area (Å²) < 4.78 is 21.5. The zero-order valence-corrected chi connectivity index (χ0v) is 19.3. The van der Waals surface area contributed by atoms with Gasteiger partial charge in [0.25, 0.3) is 5.91 Å². The molecule has 0 saturated carbocycles. The average molecular weight is 442 g/mol. The molecule has 172 valence electrons. The molecule has 4 heterocycles. The molecule has 0 radical (unpaired) electrons. The summed E-state index contributed by atoms with van der Waals surface area (Å²) >= 11 is 0. The molecule has 1 fully saturated rings. The highest BCUT2D eigenvalue weighted by Gasteiger charge is 2.31. The van der Waals surface area contributed by atoms with Crippen molar-refractivity contribution in [1.82, 2.24) is 24.6 Å². The van der Waals surface area contributed by atoms with E-state index in [0.717, 1.165) is 42.0 Å². The van der Waals surface area contributed by atoms with Crippen molar-refractivity contribution in [2.75, 3.05) is 13.2 Å². The maximum absolute atomic E-state index is 13.8. The van der Waals surface area contributed by atoms with Gasteiger partial charge in [0.2, 0.25) is 0 Å². The van der Waals surface area contributed by atoms with Gasteiger partial charge < -0.3 is 14.2 Å². The lowest BCUT2D eigenvalue weighted by molar-refractivity contribution is 0.0482. The zero-order valence-electron chi connectivity index (χ0n) is 19.3. The van der Waals surface area contributed by atoms with Crippen LogP contribution in [0.15, 0.2) is 24.5 Å². The lowest BCUT2D eigenvalue weighted by Gasteiger charge is -2.35. The van der Waals surface area contributed by atoms with Crippen LogP contribution in [0.4, 0.5) is 4.48 Å². The summed E-state index contributed by atoms with van der Waals surface area (Å²) in [6, 6.07) is 3.75. The molecule has 4 rings (SSSR count). The monoisotopic (exact) mass is 441 g/mol. The van der Waals surface area contributed by atoms with Crippen molar-refractivity contribution in [3.8, 4) is 5.75 Å². The summed E-state index contributed by atoms with van der Waals surface area (Å²) in [5.74, 6) is 1.59. The van der Waals surface area contributed by atoms with Gasteiger partial charge in [-0.25, -0.2) is 9.97 Å². The number of likely N-dealkylation sites (tertiary alicyclic amines) is 1. The van der Waals surface area contributed by atoms with Crippen molar-refractivity contribution < 1.29 is 14.0 Å². The number of halogens is 1. The first-order chi connectivity index (χ1) is 15.3. The van der Waals surface area contributed by atoms with Gasteiger partial charge in [-0.05, 0) is 51.2 Å². The molecule has 0 unspecified atom stereocenters. The number of amides is 1. The standard InChI is InChI=1S/C24H32FN5O2/c1-16(2)14-32-21-9-8-18(4)26-22(21)24(31)30-10-6-5-7-20(30)11-19-13-28-15-29(25)12-17(3)23(28)27-19/h8-9,12-13,16,20H,5-7,10-11,14-15H2,1-4H3/t20-/m0/s1. The van der Waals surface area contributed by atoms with Crippen molar-refractivity contribution in [3.63, 3.8) is 0 Å². The van der Waals surface area contributed by atoms with E-state index in [2.05, 4.69) is 18.8 Å². The van der Waals surface area contributed by atoms with Gasteiger partial charge in [-0.1, -0.05) is 18.3 Å². The molecule has 8 heteroatoms. The molecule has 0 bridgehead atoms. The van der Waals surface area contributed by atoms with Gasteiger partial charge in [0.15, 0.2) is 11.4 Å². The predicted octanol–water partition coefficient (Wildman–Crippen LogP) is 4.38. The number of carbonyl (C=O) groups excluding carboxylic acids is 1.